The second-order valence-corrected chi connectivity index (χ2v) is 10.1. The molecule has 17 N–H and O–H groups in total. The van der Waals surface area contributed by atoms with Crippen LogP contribution < -0.4 is 27.8 Å². The van der Waals surface area contributed by atoms with E-state index >= 15 is 0 Å². The van der Waals surface area contributed by atoms with Crippen LogP contribution in [0.25, 0.3) is 0 Å². The van der Waals surface area contributed by atoms with E-state index in [1.807, 2.05) is 0 Å². The summed E-state index contributed by atoms with van der Waals surface area (Å²) in [4.78, 5) is 3.75. The lowest BCUT2D eigenvalue weighted by Crippen LogP contribution is -2.70. The maximum Gasteiger partial charge on any atom is 0.187 e. The van der Waals surface area contributed by atoms with Gasteiger partial charge in [-0.3, -0.25) is 5.41 Å². The van der Waals surface area contributed by atoms with E-state index in [0.29, 0.717) is 0 Å². The molecule has 19 nitrogen and oxygen atoms in total. The highest BCUT2D eigenvalue weighted by Crippen LogP contribution is 2.38. The summed E-state index contributed by atoms with van der Waals surface area (Å²) >= 11 is 0. The molecule has 232 valence electrons. The van der Waals surface area contributed by atoms with Gasteiger partial charge in [0.15, 0.2) is 24.5 Å². The Morgan fingerprint density at radius 1 is 0.925 bits per heavy atom. The third-order valence-corrected chi connectivity index (χ3v) is 7.55. The van der Waals surface area contributed by atoms with E-state index in [-0.39, 0.29) is 0 Å². The molecule has 0 radical (unpaired) electrons. The topological polar surface area (TPSA) is 337 Å². The van der Waals surface area contributed by atoms with Crippen LogP contribution in [0.3, 0.4) is 0 Å². The zero-order valence-electron chi connectivity index (χ0n) is 21.9. The predicted molar refractivity (Wildman–Crippen MR) is 133 cm³/mol. The smallest absolute Gasteiger partial charge is 0.187 e. The lowest BCUT2D eigenvalue weighted by Gasteiger charge is -2.46. The quantitative estimate of drug-likeness (QED) is 0.0884. The number of guanidine groups is 2. The van der Waals surface area contributed by atoms with E-state index in [0.717, 1.165) is 0 Å². The molecule has 19 heteroatoms. The normalized spacial score (nSPS) is 47.5. The molecule has 2 aliphatic heterocycles. The van der Waals surface area contributed by atoms with Gasteiger partial charge in [-0.2, -0.15) is 0 Å². The zero-order valence-corrected chi connectivity index (χ0v) is 21.9. The maximum absolute atomic E-state index is 11.3. The summed E-state index contributed by atoms with van der Waals surface area (Å²) in [5, 5.41) is 97.0. The molecule has 0 bridgehead atoms. The van der Waals surface area contributed by atoms with Gasteiger partial charge in [0, 0.05) is 0 Å². The Hall–Kier alpha value is -1.98. The predicted octanol–water partition coefficient (Wildman–Crippen LogP) is -8.16. The van der Waals surface area contributed by atoms with E-state index in [1.54, 1.807) is 0 Å². The molecule has 40 heavy (non-hydrogen) atoms. The highest BCUT2D eigenvalue weighted by Gasteiger charge is 2.60. The van der Waals surface area contributed by atoms with Gasteiger partial charge in [-0.1, -0.05) is 0 Å². The molecule has 3 fully saturated rings. The van der Waals surface area contributed by atoms with Gasteiger partial charge in [-0.15, -0.1) is 0 Å². The summed E-state index contributed by atoms with van der Waals surface area (Å²) in [6.07, 6.45) is -16.9. The first-order valence-corrected chi connectivity index (χ1v) is 12.5. The molecule has 0 amide bonds. The minimum Gasteiger partial charge on any atom is -0.394 e. The molecular formula is C21H41N7O12. The molecule has 15 atom stereocenters. The van der Waals surface area contributed by atoms with Gasteiger partial charge in [-0.05, 0) is 14.0 Å². The largest absolute Gasteiger partial charge is 0.394 e. The van der Waals surface area contributed by atoms with Crippen LogP contribution in [0.5, 0.6) is 0 Å². The first-order valence-electron chi connectivity index (χ1n) is 12.5. The van der Waals surface area contributed by atoms with Crippen molar-refractivity contribution in [3.8, 4) is 0 Å². The fraction of sp³-hybridized carbons (Fsp3) is 0.905. The minimum atomic E-state index is -2.15. The lowest BCUT2D eigenvalue weighted by molar-refractivity contribution is -0.318. The number of nitrogens with two attached hydrogens (primary N) is 3. The number of aliphatic hydroxyl groups is 8. The highest BCUT2D eigenvalue weighted by molar-refractivity contribution is 5.76. The van der Waals surface area contributed by atoms with Gasteiger partial charge in [0.1, 0.15) is 60.5 Å². The average molecular weight is 584 g/mol. The van der Waals surface area contributed by atoms with E-state index in [9.17, 15) is 40.9 Å². The average Bonchev–Trinajstić information content (AvgIpc) is 3.13. The van der Waals surface area contributed by atoms with Crippen molar-refractivity contribution < 1.29 is 59.8 Å². The monoisotopic (exact) mass is 583 g/mol. The molecule has 3 rings (SSSR count). The van der Waals surface area contributed by atoms with Crippen LogP contribution in [0.2, 0.25) is 0 Å². The van der Waals surface area contributed by atoms with Gasteiger partial charge in [0.2, 0.25) is 0 Å². The van der Waals surface area contributed by atoms with Crippen LogP contribution in [0.4, 0.5) is 0 Å². The number of aliphatic imine (C=N–C) groups is 1. The van der Waals surface area contributed by atoms with Crippen molar-refractivity contribution in [2.45, 2.75) is 98.2 Å². The number of nitrogens with zero attached hydrogens (tertiary/aromatic N) is 1. The number of rotatable bonds is 9. The van der Waals surface area contributed by atoms with Crippen LogP contribution in [-0.4, -0.2) is 164 Å². The SMILES string of the molecule is CN[C@H]1[C@@H](O[C@@H]2[C@@H](O[C@H]3[C@H](O)[C@@H](O)[C@H](N=C(N)N)[C@@H](O)[C@@H]3NC(=N)N)O[C@H](C)[C@@]2(O)CO)O[C@H](CO)[C@@H](O)[C@@H]1O. The Morgan fingerprint density at radius 2 is 1.57 bits per heavy atom. The summed E-state index contributed by atoms with van der Waals surface area (Å²) in [7, 11) is 1.44. The molecule has 2 heterocycles. The van der Waals surface area contributed by atoms with Crippen LogP contribution >= 0.6 is 0 Å². The molecule has 0 aromatic carbocycles. The first-order chi connectivity index (χ1) is 18.7. The Bertz CT molecular complexity index is 902. The summed E-state index contributed by atoms with van der Waals surface area (Å²) in [6, 6.07) is -3.94. The molecular weight excluding hydrogens is 542 g/mol. The van der Waals surface area contributed by atoms with Crippen molar-refractivity contribution in [3.05, 3.63) is 0 Å². The van der Waals surface area contributed by atoms with E-state index in [1.165, 1.54) is 14.0 Å². The molecule has 0 aromatic rings. The number of nitrogens with one attached hydrogen (secondary N) is 3. The Morgan fingerprint density at radius 3 is 2.10 bits per heavy atom. The van der Waals surface area contributed by atoms with Crippen molar-refractivity contribution in [3.63, 3.8) is 0 Å². The Balaban J connectivity index is 1.94. The van der Waals surface area contributed by atoms with Crippen LogP contribution in [0.1, 0.15) is 6.92 Å². The maximum atomic E-state index is 11.3. The van der Waals surface area contributed by atoms with Crippen molar-refractivity contribution >= 4 is 11.9 Å². The first kappa shape index (κ1) is 32.5. The number of ether oxygens (including phenoxy) is 4. The Labute approximate surface area is 229 Å². The fourth-order valence-corrected chi connectivity index (χ4v) is 5.22. The van der Waals surface area contributed by atoms with E-state index in [2.05, 4.69) is 15.6 Å². The zero-order chi connectivity index (χ0) is 30.1. The van der Waals surface area contributed by atoms with Gasteiger partial charge in [0.05, 0.1) is 31.4 Å². The lowest BCUT2D eigenvalue weighted by atomic mass is 9.81. The molecule has 1 aliphatic carbocycles. The van der Waals surface area contributed by atoms with Crippen molar-refractivity contribution in [2.24, 2.45) is 22.2 Å². The number of hydrogen-bond donors (Lipinski definition) is 14. The minimum absolute atomic E-state index is 0.495. The summed E-state index contributed by atoms with van der Waals surface area (Å²) < 4.78 is 23.2. The molecule has 0 unspecified atom stereocenters. The Kier molecular flexibility index (Phi) is 10.5. The molecule has 3 aliphatic rings. The summed E-state index contributed by atoms with van der Waals surface area (Å²) in [6.45, 7) is -0.205. The van der Waals surface area contributed by atoms with Gasteiger partial charge < -0.3 is 87.6 Å². The van der Waals surface area contributed by atoms with Gasteiger partial charge in [-0.25, -0.2) is 4.99 Å². The standard InChI is InChI=1S/C21H41N7O12/c1-5-21(36,4-30)16(40-17-9(26-2)13(34)10(31)6(3-29)38-17)18(37-5)39-15-8(28-20(24)25)11(32)7(27-19(22)23)12(33)14(15)35/h5-18,26,29-36H,3-4H2,1-2H3,(H4,22,23,27)(H4,24,25,28)/t5-,6-,7-,8+,9-,10-,11-,12+,13-,14-,15-,16-,17-,18-,21+/m1/s1. The molecule has 0 spiro atoms. The van der Waals surface area contributed by atoms with E-state index < -0.39 is 116 Å². The number of hydrogen-bond acceptors (Lipinski definition) is 15. The molecule has 0 aromatic heterocycles. The van der Waals surface area contributed by atoms with E-state index in [4.69, 9.17) is 41.6 Å². The van der Waals surface area contributed by atoms with Gasteiger partial charge >= 0.3 is 0 Å². The number of aliphatic hydroxyl groups excluding tert-OH is 7. The highest BCUT2D eigenvalue weighted by atomic mass is 16.8. The van der Waals surface area contributed by atoms with Crippen molar-refractivity contribution in [1.82, 2.24) is 10.6 Å². The summed E-state index contributed by atoms with van der Waals surface area (Å²) in [5.74, 6) is -1.13. The second-order valence-electron chi connectivity index (χ2n) is 10.1. The van der Waals surface area contributed by atoms with Crippen molar-refractivity contribution in [2.75, 3.05) is 20.3 Å². The van der Waals surface area contributed by atoms with Crippen LogP contribution in [0.15, 0.2) is 4.99 Å². The second kappa shape index (κ2) is 12.9. The summed E-state index contributed by atoms with van der Waals surface area (Å²) in [5.41, 5.74) is 14.1. The van der Waals surface area contributed by atoms with Crippen LogP contribution in [-0.2, 0) is 18.9 Å². The fourth-order valence-electron chi connectivity index (χ4n) is 5.22. The molecule has 1 saturated carbocycles. The number of likely N-dealkylation sites (N-methyl/N-ethyl adjacent to an activating group) is 1. The third-order valence-electron chi connectivity index (χ3n) is 7.55. The van der Waals surface area contributed by atoms with Crippen molar-refractivity contribution in [1.29, 1.82) is 5.41 Å². The van der Waals surface area contributed by atoms with Crippen LogP contribution in [0, 0.1) is 5.41 Å². The third kappa shape index (κ3) is 6.11. The molecule has 2 saturated heterocycles. The van der Waals surface area contributed by atoms with Gasteiger partial charge in [0.25, 0.3) is 0 Å².